The third-order valence-corrected chi connectivity index (χ3v) is 5.11. The van der Waals surface area contributed by atoms with Crippen molar-refractivity contribution in [2.24, 2.45) is 0 Å². The summed E-state index contributed by atoms with van der Waals surface area (Å²) in [6.45, 7) is 0.890. The Hall–Kier alpha value is -2.01. The summed E-state index contributed by atoms with van der Waals surface area (Å²) in [6.07, 6.45) is 3.38. The topological polar surface area (TPSA) is 48.3 Å². The second-order valence-corrected chi connectivity index (χ2v) is 6.67. The van der Waals surface area contributed by atoms with Gasteiger partial charge in [-0.05, 0) is 35.8 Å². The molecule has 0 unspecified atom stereocenters. The fraction of sp³-hybridized carbons (Fsp3) is 0.333. The molecule has 2 aromatic rings. The first-order valence-electron chi connectivity index (χ1n) is 7.77. The number of rotatable bonds is 5. The van der Waals surface area contributed by atoms with Crippen molar-refractivity contribution < 1.29 is 9.53 Å². The summed E-state index contributed by atoms with van der Waals surface area (Å²) in [7, 11) is 0. The molecule has 0 radical (unpaired) electrons. The lowest BCUT2D eigenvalue weighted by Gasteiger charge is -2.23. The molecule has 23 heavy (non-hydrogen) atoms. The minimum absolute atomic E-state index is 0.0319. The van der Waals surface area contributed by atoms with Crippen LogP contribution >= 0.6 is 11.8 Å². The van der Waals surface area contributed by atoms with Crippen LogP contribution in [0.25, 0.3) is 0 Å². The van der Waals surface area contributed by atoms with Crippen LogP contribution in [0, 0.1) is 0 Å². The molecule has 2 heterocycles. The number of pyridine rings is 1. The van der Waals surface area contributed by atoms with Gasteiger partial charge in [-0.3, -0.25) is 9.59 Å². The Morgan fingerprint density at radius 3 is 2.91 bits per heavy atom. The average molecular weight is 329 g/mol. The van der Waals surface area contributed by atoms with Gasteiger partial charge in [-0.15, -0.1) is 11.8 Å². The number of aryl methyl sites for hydroxylation is 2. The summed E-state index contributed by atoms with van der Waals surface area (Å²) in [6, 6.07) is 13.1. The van der Waals surface area contributed by atoms with E-state index in [0.717, 1.165) is 17.7 Å². The summed E-state index contributed by atoms with van der Waals surface area (Å²) < 4.78 is 7.05. The first-order valence-corrected chi connectivity index (χ1v) is 8.82. The van der Waals surface area contributed by atoms with Crippen molar-refractivity contribution in [1.29, 1.82) is 0 Å². The van der Waals surface area contributed by atoms with Crippen molar-refractivity contribution in [1.82, 2.24) is 4.57 Å². The average Bonchev–Trinajstić information content (AvgIpc) is 2.59. The van der Waals surface area contributed by atoms with Gasteiger partial charge in [0.15, 0.2) is 0 Å². The highest BCUT2D eigenvalue weighted by molar-refractivity contribution is 8.00. The molecule has 0 saturated heterocycles. The zero-order valence-electron chi connectivity index (χ0n) is 12.8. The molecule has 0 amide bonds. The lowest BCUT2D eigenvalue weighted by atomic mass is 10.0. The van der Waals surface area contributed by atoms with Gasteiger partial charge in [0.2, 0.25) is 5.56 Å². The van der Waals surface area contributed by atoms with E-state index in [1.54, 1.807) is 28.6 Å². The fourth-order valence-corrected chi connectivity index (χ4v) is 3.90. The van der Waals surface area contributed by atoms with Gasteiger partial charge in [-0.25, -0.2) is 0 Å². The summed E-state index contributed by atoms with van der Waals surface area (Å²) in [4.78, 5) is 23.9. The van der Waals surface area contributed by atoms with E-state index in [1.165, 1.54) is 11.6 Å². The van der Waals surface area contributed by atoms with Crippen molar-refractivity contribution in [3.8, 4) is 0 Å². The molecule has 0 spiro atoms. The van der Waals surface area contributed by atoms with E-state index < -0.39 is 0 Å². The zero-order valence-corrected chi connectivity index (χ0v) is 13.6. The molecule has 0 N–H and O–H groups in total. The Morgan fingerprint density at radius 1 is 1.22 bits per heavy atom. The molecule has 0 fully saturated rings. The maximum absolute atomic E-state index is 12.3. The van der Waals surface area contributed by atoms with Crippen molar-refractivity contribution in [3.05, 3.63) is 70.1 Å². The molecular formula is C18H19NO3S. The summed E-state index contributed by atoms with van der Waals surface area (Å²) >= 11 is 1.64. The van der Waals surface area contributed by atoms with Crippen LogP contribution in [0.3, 0.4) is 0 Å². The standard InChI is InChI=1S/C18H19NO3S/c20-16-8-3-4-10-19(16)11-5-12-22-18(21)17-15-7-2-1-6-14(15)9-13-23-17/h1-4,6-8,10,17H,5,9,11-13H2/t17-/m1/s1. The van der Waals surface area contributed by atoms with Gasteiger partial charge in [-0.2, -0.15) is 0 Å². The second kappa shape index (κ2) is 7.51. The quantitative estimate of drug-likeness (QED) is 0.625. The van der Waals surface area contributed by atoms with Gasteiger partial charge in [0.25, 0.3) is 0 Å². The van der Waals surface area contributed by atoms with Gasteiger partial charge in [0.1, 0.15) is 5.25 Å². The predicted molar refractivity (Wildman–Crippen MR) is 91.6 cm³/mol. The minimum atomic E-state index is -0.223. The molecule has 1 aliphatic rings. The molecule has 1 aromatic heterocycles. The van der Waals surface area contributed by atoms with Gasteiger partial charge >= 0.3 is 5.97 Å². The molecule has 1 aromatic carbocycles. The van der Waals surface area contributed by atoms with Crippen LogP contribution in [0.5, 0.6) is 0 Å². The fourth-order valence-electron chi connectivity index (χ4n) is 2.72. The number of hydrogen-bond acceptors (Lipinski definition) is 4. The SMILES string of the molecule is O=C(OCCCn1ccccc1=O)[C@@H]1SCCc2ccccc21. The summed E-state index contributed by atoms with van der Waals surface area (Å²) in [5, 5.41) is -0.223. The van der Waals surface area contributed by atoms with Gasteiger partial charge in [0.05, 0.1) is 6.61 Å². The minimum Gasteiger partial charge on any atom is -0.465 e. The van der Waals surface area contributed by atoms with E-state index >= 15 is 0 Å². The smallest absolute Gasteiger partial charge is 0.323 e. The van der Waals surface area contributed by atoms with Crippen LogP contribution in [-0.2, 0) is 22.5 Å². The molecule has 0 aliphatic carbocycles. The van der Waals surface area contributed by atoms with Crippen molar-refractivity contribution >= 4 is 17.7 Å². The first-order chi connectivity index (χ1) is 11.3. The number of thioether (sulfide) groups is 1. The Balaban J connectivity index is 1.53. The van der Waals surface area contributed by atoms with E-state index in [2.05, 4.69) is 6.07 Å². The molecule has 0 bridgehead atoms. The Labute approximate surface area is 139 Å². The highest BCUT2D eigenvalue weighted by atomic mass is 32.2. The van der Waals surface area contributed by atoms with Crippen LogP contribution in [-0.4, -0.2) is 22.9 Å². The molecule has 1 atom stereocenters. The third-order valence-electron chi connectivity index (χ3n) is 3.89. The van der Waals surface area contributed by atoms with Crippen LogP contribution in [0.15, 0.2) is 53.5 Å². The molecule has 4 nitrogen and oxygen atoms in total. The Morgan fingerprint density at radius 2 is 2.04 bits per heavy atom. The van der Waals surface area contributed by atoms with Crippen molar-refractivity contribution in [2.45, 2.75) is 24.6 Å². The number of carbonyl (C=O) groups excluding carboxylic acids is 1. The van der Waals surface area contributed by atoms with Gasteiger partial charge < -0.3 is 9.30 Å². The highest BCUT2D eigenvalue weighted by Gasteiger charge is 2.27. The van der Waals surface area contributed by atoms with E-state index in [4.69, 9.17) is 4.74 Å². The normalized spacial score (nSPS) is 16.6. The van der Waals surface area contributed by atoms with E-state index in [0.29, 0.717) is 19.6 Å². The van der Waals surface area contributed by atoms with Gasteiger partial charge in [-0.1, -0.05) is 30.3 Å². The maximum Gasteiger partial charge on any atom is 0.323 e. The molecule has 0 saturated carbocycles. The van der Waals surface area contributed by atoms with E-state index in [1.807, 2.05) is 24.3 Å². The van der Waals surface area contributed by atoms with Gasteiger partial charge in [0, 0.05) is 18.8 Å². The molecule has 3 rings (SSSR count). The Kier molecular flexibility index (Phi) is 5.18. The van der Waals surface area contributed by atoms with Crippen LogP contribution in [0.4, 0.5) is 0 Å². The highest BCUT2D eigenvalue weighted by Crippen LogP contribution is 2.37. The van der Waals surface area contributed by atoms with E-state index in [9.17, 15) is 9.59 Å². The third kappa shape index (κ3) is 3.85. The number of benzene rings is 1. The molecule has 1 aliphatic heterocycles. The number of carbonyl (C=O) groups is 1. The lowest BCUT2D eigenvalue weighted by Crippen LogP contribution is -2.21. The largest absolute Gasteiger partial charge is 0.465 e. The maximum atomic E-state index is 12.3. The van der Waals surface area contributed by atoms with E-state index in [-0.39, 0.29) is 16.8 Å². The number of ether oxygens (including phenoxy) is 1. The number of fused-ring (bicyclic) bond motifs is 1. The van der Waals surface area contributed by atoms with Crippen LogP contribution in [0.1, 0.15) is 22.8 Å². The Bertz CT molecular complexity index is 741. The molecular weight excluding hydrogens is 310 g/mol. The monoisotopic (exact) mass is 329 g/mol. The zero-order chi connectivity index (χ0) is 16.1. The number of esters is 1. The predicted octanol–water partition coefficient (Wildman–Crippen LogP) is 2.81. The lowest BCUT2D eigenvalue weighted by molar-refractivity contribution is -0.143. The van der Waals surface area contributed by atoms with Crippen molar-refractivity contribution in [2.75, 3.05) is 12.4 Å². The first kappa shape index (κ1) is 15.9. The van der Waals surface area contributed by atoms with Crippen LogP contribution in [0.2, 0.25) is 0 Å². The second-order valence-electron chi connectivity index (χ2n) is 5.45. The van der Waals surface area contributed by atoms with Crippen LogP contribution < -0.4 is 5.56 Å². The number of hydrogen-bond donors (Lipinski definition) is 0. The summed E-state index contributed by atoms with van der Waals surface area (Å²) in [5.41, 5.74) is 2.28. The molecule has 120 valence electrons. The summed E-state index contributed by atoms with van der Waals surface area (Å²) in [5.74, 6) is 0.762. The molecule has 5 heteroatoms. The van der Waals surface area contributed by atoms with Crippen molar-refractivity contribution in [3.63, 3.8) is 0 Å². The number of aromatic nitrogens is 1. The number of nitrogens with zero attached hydrogens (tertiary/aromatic N) is 1.